The Labute approximate surface area is 121 Å². The summed E-state index contributed by atoms with van der Waals surface area (Å²) in [5, 5.41) is 11.5. The lowest BCUT2D eigenvalue weighted by molar-refractivity contribution is -0.142. The van der Waals surface area contributed by atoms with Crippen LogP contribution in [0, 0.1) is 17.7 Å². The van der Waals surface area contributed by atoms with Gasteiger partial charge in [-0.2, -0.15) is 0 Å². The van der Waals surface area contributed by atoms with Gasteiger partial charge in [0.05, 0.1) is 16.5 Å². The molecule has 20 heavy (non-hydrogen) atoms. The lowest BCUT2D eigenvalue weighted by Gasteiger charge is -2.15. The molecule has 1 aromatic carbocycles. The maximum absolute atomic E-state index is 13.5. The summed E-state index contributed by atoms with van der Waals surface area (Å²) in [5.41, 5.74) is -0.261. The predicted molar refractivity (Wildman–Crippen MR) is 74.3 cm³/mol. The zero-order valence-electron chi connectivity index (χ0n) is 11.3. The third-order valence-electron chi connectivity index (χ3n) is 2.80. The van der Waals surface area contributed by atoms with E-state index in [0.29, 0.717) is 6.42 Å². The largest absolute Gasteiger partial charge is 0.481 e. The average Bonchev–Trinajstić information content (AvgIpc) is 2.33. The quantitative estimate of drug-likeness (QED) is 0.849. The number of rotatable bonds is 6. The van der Waals surface area contributed by atoms with Crippen LogP contribution < -0.4 is 5.32 Å². The Morgan fingerprint density at radius 2 is 2.05 bits per heavy atom. The lowest BCUT2D eigenvalue weighted by Crippen LogP contribution is -2.34. The summed E-state index contributed by atoms with van der Waals surface area (Å²) in [4.78, 5) is 22.9. The molecule has 1 amide bonds. The summed E-state index contributed by atoms with van der Waals surface area (Å²) >= 11 is 5.77. The maximum atomic E-state index is 13.5. The van der Waals surface area contributed by atoms with E-state index >= 15 is 0 Å². The highest BCUT2D eigenvalue weighted by Crippen LogP contribution is 2.19. The molecule has 1 aromatic rings. The molecule has 2 N–H and O–H groups in total. The van der Waals surface area contributed by atoms with Crippen molar-refractivity contribution in [1.29, 1.82) is 0 Å². The van der Waals surface area contributed by atoms with E-state index in [2.05, 4.69) is 5.32 Å². The molecule has 4 nitrogen and oxygen atoms in total. The zero-order valence-corrected chi connectivity index (χ0v) is 12.1. The molecule has 0 radical (unpaired) electrons. The maximum Gasteiger partial charge on any atom is 0.308 e. The van der Waals surface area contributed by atoms with E-state index in [9.17, 15) is 14.0 Å². The monoisotopic (exact) mass is 301 g/mol. The number of hydrogen-bond donors (Lipinski definition) is 2. The highest BCUT2D eigenvalue weighted by molar-refractivity contribution is 6.33. The number of halogens is 2. The molecule has 0 heterocycles. The van der Waals surface area contributed by atoms with Gasteiger partial charge in [0.25, 0.3) is 5.91 Å². The average molecular weight is 302 g/mol. The predicted octanol–water partition coefficient (Wildman–Crippen LogP) is 2.96. The van der Waals surface area contributed by atoms with Gasteiger partial charge in [0.1, 0.15) is 5.82 Å². The molecule has 0 saturated carbocycles. The fourth-order valence-corrected chi connectivity index (χ4v) is 2.11. The van der Waals surface area contributed by atoms with Gasteiger partial charge in [0.2, 0.25) is 0 Å². The van der Waals surface area contributed by atoms with Gasteiger partial charge in [-0.15, -0.1) is 0 Å². The molecule has 0 spiro atoms. The fourth-order valence-electron chi connectivity index (χ4n) is 1.86. The molecular formula is C14H17ClFNO3. The molecule has 0 aliphatic carbocycles. The van der Waals surface area contributed by atoms with E-state index in [1.807, 2.05) is 13.8 Å². The van der Waals surface area contributed by atoms with Crippen molar-refractivity contribution in [1.82, 2.24) is 5.32 Å². The Morgan fingerprint density at radius 3 is 2.55 bits per heavy atom. The third kappa shape index (κ3) is 4.49. The van der Waals surface area contributed by atoms with Crippen LogP contribution in [0.1, 0.15) is 30.6 Å². The highest BCUT2D eigenvalue weighted by Gasteiger charge is 2.22. The molecule has 0 aliphatic rings. The second-order valence-corrected chi connectivity index (χ2v) is 5.38. The number of aliphatic carboxylic acids is 1. The van der Waals surface area contributed by atoms with Gasteiger partial charge in [-0.25, -0.2) is 4.39 Å². The summed E-state index contributed by atoms with van der Waals surface area (Å²) in [5.74, 6) is -2.94. The van der Waals surface area contributed by atoms with Gasteiger partial charge in [-0.3, -0.25) is 9.59 Å². The number of carbonyl (C=O) groups is 2. The number of hydrogen-bond acceptors (Lipinski definition) is 2. The van der Waals surface area contributed by atoms with Crippen molar-refractivity contribution >= 4 is 23.5 Å². The van der Waals surface area contributed by atoms with Crippen molar-refractivity contribution in [3.05, 3.63) is 34.6 Å². The standard InChI is InChI=1S/C14H17ClFNO3/c1-8(2)6-9(14(19)20)7-17-13(18)12-10(15)4-3-5-11(12)16/h3-5,8-9H,6-7H2,1-2H3,(H,17,18)(H,19,20). The molecule has 0 saturated heterocycles. The Balaban J connectivity index is 2.73. The van der Waals surface area contributed by atoms with Gasteiger partial charge in [0.15, 0.2) is 0 Å². The Bertz CT molecular complexity index is 485. The van der Waals surface area contributed by atoms with Crippen LogP contribution in [-0.4, -0.2) is 23.5 Å². The van der Waals surface area contributed by atoms with Crippen LogP contribution in [0.3, 0.4) is 0 Å². The molecule has 0 fully saturated rings. The topological polar surface area (TPSA) is 66.4 Å². The zero-order chi connectivity index (χ0) is 15.3. The minimum atomic E-state index is -0.987. The smallest absolute Gasteiger partial charge is 0.308 e. The fraction of sp³-hybridized carbons (Fsp3) is 0.429. The third-order valence-corrected chi connectivity index (χ3v) is 3.12. The lowest BCUT2D eigenvalue weighted by atomic mass is 9.97. The second kappa shape index (κ2) is 7.24. The van der Waals surface area contributed by atoms with E-state index in [4.69, 9.17) is 16.7 Å². The van der Waals surface area contributed by atoms with Gasteiger partial charge in [0, 0.05) is 6.54 Å². The first kappa shape index (κ1) is 16.4. The number of carbonyl (C=O) groups excluding carboxylic acids is 1. The number of benzene rings is 1. The van der Waals surface area contributed by atoms with Gasteiger partial charge in [-0.1, -0.05) is 31.5 Å². The van der Waals surface area contributed by atoms with Crippen LogP contribution >= 0.6 is 11.6 Å². The molecule has 110 valence electrons. The molecule has 0 aromatic heterocycles. The van der Waals surface area contributed by atoms with Crippen LogP contribution in [0.5, 0.6) is 0 Å². The normalized spacial score (nSPS) is 12.2. The van der Waals surface area contributed by atoms with Crippen LogP contribution in [-0.2, 0) is 4.79 Å². The summed E-state index contributed by atoms with van der Waals surface area (Å²) < 4.78 is 13.5. The van der Waals surface area contributed by atoms with Crippen LogP contribution in [0.4, 0.5) is 4.39 Å². The van der Waals surface area contributed by atoms with Crippen LogP contribution in [0.25, 0.3) is 0 Å². The summed E-state index contributed by atoms with van der Waals surface area (Å²) in [6.07, 6.45) is 0.431. The molecule has 1 atom stereocenters. The first-order valence-electron chi connectivity index (χ1n) is 6.28. The molecular weight excluding hydrogens is 285 g/mol. The Kier molecular flexibility index (Phi) is 5.95. The van der Waals surface area contributed by atoms with Crippen molar-refractivity contribution < 1.29 is 19.1 Å². The van der Waals surface area contributed by atoms with Gasteiger partial charge in [-0.05, 0) is 24.5 Å². The summed E-state index contributed by atoms with van der Waals surface area (Å²) in [6.45, 7) is 3.73. The van der Waals surface area contributed by atoms with E-state index in [0.717, 1.165) is 6.07 Å². The number of nitrogens with one attached hydrogen (secondary N) is 1. The van der Waals surface area contributed by atoms with Crippen LogP contribution in [0.2, 0.25) is 5.02 Å². The number of carboxylic acid groups (broad SMARTS) is 1. The van der Waals surface area contributed by atoms with E-state index in [1.165, 1.54) is 12.1 Å². The van der Waals surface area contributed by atoms with E-state index in [-0.39, 0.29) is 23.0 Å². The molecule has 1 unspecified atom stereocenters. The van der Waals surface area contributed by atoms with E-state index in [1.54, 1.807) is 0 Å². The number of amides is 1. The summed E-state index contributed by atoms with van der Waals surface area (Å²) in [6, 6.07) is 3.93. The highest BCUT2D eigenvalue weighted by atomic mass is 35.5. The van der Waals surface area contributed by atoms with Crippen LogP contribution in [0.15, 0.2) is 18.2 Å². The molecule has 0 bridgehead atoms. The first-order chi connectivity index (χ1) is 9.32. The van der Waals surface area contributed by atoms with Gasteiger partial charge >= 0.3 is 5.97 Å². The summed E-state index contributed by atoms with van der Waals surface area (Å²) in [7, 11) is 0. The first-order valence-corrected chi connectivity index (χ1v) is 6.65. The van der Waals surface area contributed by atoms with Crippen molar-refractivity contribution in [2.45, 2.75) is 20.3 Å². The number of carboxylic acids is 1. The minimum absolute atomic E-state index is 0.00163. The van der Waals surface area contributed by atoms with E-state index < -0.39 is 23.6 Å². The Morgan fingerprint density at radius 1 is 1.40 bits per heavy atom. The van der Waals surface area contributed by atoms with Crippen molar-refractivity contribution in [2.24, 2.45) is 11.8 Å². The molecule has 6 heteroatoms. The van der Waals surface area contributed by atoms with Crippen molar-refractivity contribution in [3.8, 4) is 0 Å². The SMILES string of the molecule is CC(C)CC(CNC(=O)c1c(F)cccc1Cl)C(=O)O. The van der Waals surface area contributed by atoms with Crippen molar-refractivity contribution in [3.63, 3.8) is 0 Å². The Hall–Kier alpha value is -1.62. The molecule has 1 rings (SSSR count). The van der Waals surface area contributed by atoms with Crippen molar-refractivity contribution in [2.75, 3.05) is 6.54 Å². The minimum Gasteiger partial charge on any atom is -0.481 e. The second-order valence-electron chi connectivity index (χ2n) is 4.97. The van der Waals surface area contributed by atoms with Gasteiger partial charge < -0.3 is 10.4 Å². The molecule has 0 aliphatic heterocycles.